The molecular weight excluding hydrogens is 570 g/mol. The van der Waals surface area contributed by atoms with Gasteiger partial charge in [0.25, 0.3) is 10.0 Å². The minimum atomic E-state index is -4.19. The summed E-state index contributed by atoms with van der Waals surface area (Å²) in [6.45, 7) is 3.34. The maximum absolute atomic E-state index is 14.4. The average Bonchev–Trinajstić information content (AvgIpc) is 2.99. The van der Waals surface area contributed by atoms with E-state index in [1.54, 1.807) is 31.2 Å². The first-order valence-corrected chi connectivity index (χ1v) is 15.4. The van der Waals surface area contributed by atoms with E-state index in [-0.39, 0.29) is 23.8 Å². The highest BCUT2D eigenvalue weighted by Gasteiger charge is 2.34. The molecule has 0 fully saturated rings. The predicted molar refractivity (Wildman–Crippen MR) is 167 cm³/mol. The Hall–Kier alpha value is -4.14. The van der Waals surface area contributed by atoms with Crippen molar-refractivity contribution in [3.05, 3.63) is 130 Å². The van der Waals surface area contributed by atoms with Crippen LogP contribution in [0.1, 0.15) is 22.3 Å². The maximum atomic E-state index is 14.4. The number of benzene rings is 4. The molecule has 1 atom stereocenters. The van der Waals surface area contributed by atoms with E-state index in [0.717, 1.165) is 21.0 Å². The SMILES string of the molecule is CNC(=O)[C@H](Cc1ccccc1)N(Cc1ccccc1C)C(=O)CN(c1ccccc1C)S(=O)(=O)c1ccc(Cl)cc1. The molecule has 4 aromatic rings. The first-order chi connectivity index (χ1) is 20.1. The standard InChI is InChI=1S/C33H34ClN3O4S/c1-24-11-7-9-15-27(24)22-36(31(33(39)35-3)21-26-13-5-4-6-14-26)32(38)23-37(30-16-10-8-12-25(30)2)42(40,41)29-19-17-28(34)18-20-29/h4-20,31H,21-23H2,1-3H3,(H,35,39)/t31-/m0/s1. The molecule has 0 heterocycles. The second-order valence-electron chi connectivity index (χ2n) is 10.0. The summed E-state index contributed by atoms with van der Waals surface area (Å²) in [5.41, 5.74) is 3.74. The van der Waals surface area contributed by atoms with Crippen LogP contribution >= 0.6 is 11.6 Å². The molecule has 218 valence electrons. The summed E-state index contributed by atoms with van der Waals surface area (Å²) < 4.78 is 29.2. The molecule has 4 aromatic carbocycles. The number of aryl methyl sites for hydroxylation is 2. The number of para-hydroxylation sites is 1. The van der Waals surface area contributed by atoms with Gasteiger partial charge in [-0.15, -0.1) is 0 Å². The number of carbonyl (C=O) groups excluding carboxylic acids is 2. The molecule has 1 N–H and O–H groups in total. The molecule has 9 heteroatoms. The van der Waals surface area contributed by atoms with Gasteiger partial charge in [0.2, 0.25) is 11.8 Å². The van der Waals surface area contributed by atoms with Crippen LogP contribution in [0.3, 0.4) is 0 Å². The van der Waals surface area contributed by atoms with Gasteiger partial charge in [-0.3, -0.25) is 13.9 Å². The van der Waals surface area contributed by atoms with Gasteiger partial charge < -0.3 is 10.2 Å². The molecule has 42 heavy (non-hydrogen) atoms. The number of nitrogens with zero attached hydrogens (tertiary/aromatic N) is 2. The number of nitrogens with one attached hydrogen (secondary N) is 1. The Balaban J connectivity index is 1.80. The van der Waals surface area contributed by atoms with E-state index in [9.17, 15) is 18.0 Å². The molecule has 2 amide bonds. The third-order valence-corrected chi connectivity index (χ3v) is 9.21. The molecule has 0 spiro atoms. The van der Waals surface area contributed by atoms with Gasteiger partial charge in [-0.2, -0.15) is 0 Å². The number of likely N-dealkylation sites (N-methyl/N-ethyl adjacent to an activating group) is 1. The molecule has 0 saturated heterocycles. The van der Waals surface area contributed by atoms with Gasteiger partial charge in [-0.05, 0) is 66.4 Å². The first-order valence-electron chi connectivity index (χ1n) is 13.5. The number of hydrogen-bond donors (Lipinski definition) is 1. The molecule has 4 rings (SSSR count). The molecule has 0 saturated carbocycles. The molecule has 0 radical (unpaired) electrons. The van der Waals surface area contributed by atoms with Gasteiger partial charge in [0.1, 0.15) is 12.6 Å². The second-order valence-corrected chi connectivity index (χ2v) is 12.3. The van der Waals surface area contributed by atoms with Crippen LogP contribution in [-0.4, -0.2) is 44.8 Å². The summed E-state index contributed by atoms with van der Waals surface area (Å²) in [6, 6.07) is 29.0. The molecule has 0 bridgehead atoms. The van der Waals surface area contributed by atoms with Crippen LogP contribution in [0.5, 0.6) is 0 Å². The Bertz CT molecular complexity index is 1640. The van der Waals surface area contributed by atoms with Gasteiger partial charge in [0.05, 0.1) is 10.6 Å². The third kappa shape index (κ3) is 7.19. The van der Waals surface area contributed by atoms with E-state index in [0.29, 0.717) is 16.3 Å². The molecule has 0 aliphatic rings. The lowest BCUT2D eigenvalue weighted by molar-refractivity contribution is -0.139. The van der Waals surface area contributed by atoms with Crippen molar-refractivity contribution in [2.45, 2.75) is 37.8 Å². The number of amides is 2. The van der Waals surface area contributed by atoms with Crippen molar-refractivity contribution in [2.75, 3.05) is 17.9 Å². The van der Waals surface area contributed by atoms with Gasteiger partial charge in [0.15, 0.2) is 0 Å². The minimum absolute atomic E-state index is 0.000503. The molecule has 0 aliphatic carbocycles. The lowest BCUT2D eigenvalue weighted by Crippen LogP contribution is -2.53. The Morgan fingerprint density at radius 3 is 2.02 bits per heavy atom. The number of halogens is 1. The van der Waals surface area contributed by atoms with Crippen LogP contribution in [0, 0.1) is 13.8 Å². The van der Waals surface area contributed by atoms with Gasteiger partial charge in [-0.1, -0.05) is 84.4 Å². The van der Waals surface area contributed by atoms with Crippen molar-refractivity contribution in [1.82, 2.24) is 10.2 Å². The second kappa shape index (κ2) is 13.7. The summed E-state index contributed by atoms with van der Waals surface area (Å²) in [5.74, 6) is -0.854. The monoisotopic (exact) mass is 603 g/mol. The van der Waals surface area contributed by atoms with Gasteiger partial charge >= 0.3 is 0 Å². The first kappa shape index (κ1) is 30.8. The lowest BCUT2D eigenvalue weighted by Gasteiger charge is -2.34. The number of sulfonamides is 1. The van der Waals surface area contributed by atoms with Crippen LogP contribution in [0.25, 0.3) is 0 Å². The lowest BCUT2D eigenvalue weighted by atomic mass is 10.0. The van der Waals surface area contributed by atoms with Crippen molar-refractivity contribution in [1.29, 1.82) is 0 Å². The fourth-order valence-corrected chi connectivity index (χ4v) is 6.39. The largest absolute Gasteiger partial charge is 0.357 e. The highest BCUT2D eigenvalue weighted by molar-refractivity contribution is 7.92. The van der Waals surface area contributed by atoms with Crippen LogP contribution < -0.4 is 9.62 Å². The van der Waals surface area contributed by atoms with Crippen molar-refractivity contribution < 1.29 is 18.0 Å². The van der Waals surface area contributed by atoms with Crippen molar-refractivity contribution >= 4 is 39.1 Å². The number of hydrogen-bond acceptors (Lipinski definition) is 4. The Labute approximate surface area is 252 Å². The summed E-state index contributed by atoms with van der Waals surface area (Å²) in [4.78, 5) is 29.2. The summed E-state index contributed by atoms with van der Waals surface area (Å²) in [5, 5.41) is 3.09. The zero-order valence-corrected chi connectivity index (χ0v) is 25.4. The van der Waals surface area contributed by atoms with Crippen LogP contribution in [0.2, 0.25) is 5.02 Å². The highest BCUT2D eigenvalue weighted by Crippen LogP contribution is 2.28. The zero-order valence-electron chi connectivity index (χ0n) is 23.8. The predicted octanol–water partition coefficient (Wildman–Crippen LogP) is 5.54. The topological polar surface area (TPSA) is 86.8 Å². The van der Waals surface area contributed by atoms with E-state index >= 15 is 0 Å². The molecule has 0 aliphatic heterocycles. The third-order valence-electron chi connectivity index (χ3n) is 7.18. The number of anilines is 1. The van der Waals surface area contributed by atoms with E-state index in [1.807, 2.05) is 61.5 Å². The minimum Gasteiger partial charge on any atom is -0.357 e. The van der Waals surface area contributed by atoms with Crippen LogP contribution in [0.4, 0.5) is 5.69 Å². The molecule has 7 nitrogen and oxygen atoms in total. The van der Waals surface area contributed by atoms with Gasteiger partial charge in [-0.25, -0.2) is 8.42 Å². The zero-order chi connectivity index (χ0) is 30.3. The summed E-state index contributed by atoms with van der Waals surface area (Å²) in [6.07, 6.45) is 0.256. The number of rotatable bonds is 11. The van der Waals surface area contributed by atoms with Crippen LogP contribution in [-0.2, 0) is 32.6 Å². The summed E-state index contributed by atoms with van der Waals surface area (Å²) >= 11 is 6.04. The van der Waals surface area contributed by atoms with Crippen LogP contribution in [0.15, 0.2) is 108 Å². The number of carbonyl (C=O) groups is 2. The van der Waals surface area contributed by atoms with Crippen molar-refractivity contribution in [3.8, 4) is 0 Å². The Morgan fingerprint density at radius 1 is 0.810 bits per heavy atom. The summed E-state index contributed by atoms with van der Waals surface area (Å²) in [7, 11) is -2.66. The maximum Gasteiger partial charge on any atom is 0.264 e. The quantitative estimate of drug-likeness (QED) is 0.244. The highest BCUT2D eigenvalue weighted by atomic mass is 35.5. The fraction of sp³-hybridized carbons (Fsp3) is 0.212. The average molecular weight is 604 g/mol. The van der Waals surface area contributed by atoms with Crippen molar-refractivity contribution in [3.63, 3.8) is 0 Å². The molecular formula is C33H34ClN3O4S. The fourth-order valence-electron chi connectivity index (χ4n) is 4.78. The van der Waals surface area contributed by atoms with E-state index < -0.39 is 28.5 Å². The van der Waals surface area contributed by atoms with E-state index in [2.05, 4.69) is 5.32 Å². The van der Waals surface area contributed by atoms with Crippen molar-refractivity contribution in [2.24, 2.45) is 0 Å². The van der Waals surface area contributed by atoms with E-state index in [1.165, 1.54) is 36.2 Å². The Kier molecular flexibility index (Phi) is 10.0. The smallest absolute Gasteiger partial charge is 0.264 e. The normalized spacial score (nSPS) is 11.9. The Morgan fingerprint density at radius 2 is 1.40 bits per heavy atom. The molecule has 0 unspecified atom stereocenters. The molecule has 0 aromatic heterocycles. The van der Waals surface area contributed by atoms with E-state index in [4.69, 9.17) is 11.6 Å². The van der Waals surface area contributed by atoms with Gasteiger partial charge in [0, 0.05) is 25.0 Å².